The average molecular weight is 358 g/mol. The number of amides is 2. The standard InChI is InChI=1S/C14H22N4O5S/c1-10-14(11(2)23-16-10)24(21,22)15-5-4-13(20)18-8-6-17(7-9-18)12(3)19/h15H,4-9H2,1-3H3. The first-order valence-corrected chi connectivity index (χ1v) is 9.16. The van der Waals surface area contributed by atoms with Crippen LogP contribution in [0.3, 0.4) is 0 Å². The zero-order chi connectivity index (χ0) is 17.9. The predicted octanol–water partition coefficient (Wildman–Crippen LogP) is -0.349. The molecular formula is C14H22N4O5S. The van der Waals surface area contributed by atoms with Gasteiger partial charge in [-0.15, -0.1) is 0 Å². The Morgan fingerprint density at radius 2 is 1.75 bits per heavy atom. The molecule has 1 aromatic heterocycles. The molecule has 134 valence electrons. The molecule has 2 rings (SSSR count). The van der Waals surface area contributed by atoms with Gasteiger partial charge in [0.2, 0.25) is 21.8 Å². The molecule has 1 aliphatic rings. The van der Waals surface area contributed by atoms with E-state index in [1.165, 1.54) is 13.8 Å². The van der Waals surface area contributed by atoms with E-state index >= 15 is 0 Å². The Labute approximate surface area is 141 Å². The molecule has 24 heavy (non-hydrogen) atoms. The molecule has 1 aromatic rings. The Kier molecular flexibility index (Phi) is 5.60. The minimum absolute atomic E-state index is 0.00184. The Hall–Kier alpha value is -1.94. The minimum Gasteiger partial charge on any atom is -0.360 e. The third-order valence-electron chi connectivity index (χ3n) is 3.95. The maximum atomic E-state index is 12.2. The minimum atomic E-state index is -3.75. The zero-order valence-electron chi connectivity index (χ0n) is 14.0. The molecule has 0 aliphatic carbocycles. The summed E-state index contributed by atoms with van der Waals surface area (Å²) in [7, 11) is -3.75. The van der Waals surface area contributed by atoms with Crippen molar-refractivity contribution in [2.75, 3.05) is 32.7 Å². The van der Waals surface area contributed by atoms with E-state index in [0.29, 0.717) is 26.2 Å². The summed E-state index contributed by atoms with van der Waals surface area (Å²) in [6.45, 7) is 6.51. The van der Waals surface area contributed by atoms with Crippen LogP contribution < -0.4 is 4.72 Å². The Balaban J connectivity index is 1.84. The van der Waals surface area contributed by atoms with Crippen LogP contribution in [-0.4, -0.2) is 67.9 Å². The van der Waals surface area contributed by atoms with Crippen molar-refractivity contribution in [1.82, 2.24) is 19.7 Å². The number of aromatic nitrogens is 1. The first-order chi connectivity index (χ1) is 11.2. The van der Waals surface area contributed by atoms with Gasteiger partial charge in [-0.2, -0.15) is 0 Å². The molecule has 0 atom stereocenters. The Morgan fingerprint density at radius 1 is 1.17 bits per heavy atom. The molecule has 0 aromatic carbocycles. The largest absolute Gasteiger partial charge is 0.360 e. The summed E-state index contributed by atoms with van der Waals surface area (Å²) in [5, 5.41) is 3.62. The number of piperazine rings is 1. The maximum Gasteiger partial charge on any atom is 0.245 e. The summed E-state index contributed by atoms with van der Waals surface area (Å²) in [6.07, 6.45) is 0.0582. The zero-order valence-corrected chi connectivity index (χ0v) is 14.9. The van der Waals surface area contributed by atoms with Gasteiger partial charge in [0, 0.05) is 46.1 Å². The molecular weight excluding hydrogens is 336 g/mol. The molecule has 0 spiro atoms. The average Bonchev–Trinajstić information content (AvgIpc) is 2.86. The number of nitrogens with one attached hydrogen (secondary N) is 1. The van der Waals surface area contributed by atoms with Crippen molar-refractivity contribution >= 4 is 21.8 Å². The number of hydrogen-bond acceptors (Lipinski definition) is 6. The van der Waals surface area contributed by atoms with Crippen LogP contribution in [0.25, 0.3) is 0 Å². The fourth-order valence-corrected chi connectivity index (χ4v) is 4.01. The topological polar surface area (TPSA) is 113 Å². The van der Waals surface area contributed by atoms with Crippen molar-refractivity contribution in [1.29, 1.82) is 0 Å². The third-order valence-corrected chi connectivity index (χ3v) is 5.65. The summed E-state index contributed by atoms with van der Waals surface area (Å²) in [5.41, 5.74) is 0.284. The second-order valence-electron chi connectivity index (χ2n) is 5.69. The summed E-state index contributed by atoms with van der Waals surface area (Å²) >= 11 is 0. The third kappa shape index (κ3) is 4.12. The molecule has 10 heteroatoms. The van der Waals surface area contributed by atoms with Crippen LogP contribution in [0.15, 0.2) is 9.42 Å². The quantitative estimate of drug-likeness (QED) is 0.770. The number of carbonyl (C=O) groups is 2. The lowest BCUT2D eigenvalue weighted by Crippen LogP contribution is -2.50. The van der Waals surface area contributed by atoms with E-state index in [1.54, 1.807) is 16.7 Å². The van der Waals surface area contributed by atoms with E-state index in [0.717, 1.165) is 0 Å². The molecule has 2 amide bonds. The van der Waals surface area contributed by atoms with Crippen molar-refractivity contribution in [2.24, 2.45) is 0 Å². The molecule has 1 fully saturated rings. The molecule has 9 nitrogen and oxygen atoms in total. The summed E-state index contributed by atoms with van der Waals surface area (Å²) in [6, 6.07) is 0. The molecule has 1 N–H and O–H groups in total. The first kappa shape index (κ1) is 18.4. The smallest absolute Gasteiger partial charge is 0.245 e. The normalized spacial score (nSPS) is 15.6. The van der Waals surface area contributed by atoms with Crippen molar-refractivity contribution in [3.8, 4) is 0 Å². The molecule has 0 bridgehead atoms. The van der Waals surface area contributed by atoms with Gasteiger partial charge >= 0.3 is 0 Å². The lowest BCUT2D eigenvalue weighted by Gasteiger charge is -2.34. The van der Waals surface area contributed by atoms with E-state index in [2.05, 4.69) is 9.88 Å². The van der Waals surface area contributed by atoms with E-state index in [-0.39, 0.29) is 41.1 Å². The van der Waals surface area contributed by atoms with Gasteiger partial charge in [0.25, 0.3) is 0 Å². The van der Waals surface area contributed by atoms with Crippen LogP contribution in [0, 0.1) is 13.8 Å². The first-order valence-electron chi connectivity index (χ1n) is 7.68. The molecule has 0 radical (unpaired) electrons. The van der Waals surface area contributed by atoms with Gasteiger partial charge in [-0.05, 0) is 13.8 Å². The highest BCUT2D eigenvalue weighted by molar-refractivity contribution is 7.89. The van der Waals surface area contributed by atoms with E-state index < -0.39 is 10.0 Å². The van der Waals surface area contributed by atoms with Crippen LogP contribution in [0.5, 0.6) is 0 Å². The highest BCUT2D eigenvalue weighted by atomic mass is 32.2. The Morgan fingerprint density at radius 3 is 2.25 bits per heavy atom. The number of rotatable bonds is 5. The molecule has 1 saturated heterocycles. The van der Waals surface area contributed by atoms with Gasteiger partial charge in [0.05, 0.1) is 0 Å². The molecule has 1 aliphatic heterocycles. The Bertz CT molecular complexity index is 700. The van der Waals surface area contributed by atoms with Crippen molar-refractivity contribution < 1.29 is 22.5 Å². The fourth-order valence-electron chi connectivity index (χ4n) is 2.65. The van der Waals surface area contributed by atoms with Gasteiger partial charge in [0.15, 0.2) is 5.76 Å². The summed E-state index contributed by atoms with van der Waals surface area (Å²) in [4.78, 5) is 26.7. The van der Waals surface area contributed by atoms with Gasteiger partial charge in [-0.1, -0.05) is 5.16 Å². The number of hydrogen-bond donors (Lipinski definition) is 1. The molecule has 0 unspecified atom stereocenters. The van der Waals surface area contributed by atoms with Crippen LogP contribution >= 0.6 is 0 Å². The van der Waals surface area contributed by atoms with Crippen LogP contribution in [0.4, 0.5) is 0 Å². The second-order valence-corrected chi connectivity index (χ2v) is 7.39. The highest BCUT2D eigenvalue weighted by Crippen LogP contribution is 2.18. The fraction of sp³-hybridized carbons (Fsp3) is 0.643. The SMILES string of the molecule is CC(=O)N1CCN(C(=O)CCNS(=O)(=O)c2c(C)noc2C)CC1. The number of carbonyl (C=O) groups excluding carboxylic acids is 2. The molecule has 2 heterocycles. The van der Waals surface area contributed by atoms with Crippen LogP contribution in [0.2, 0.25) is 0 Å². The number of nitrogens with zero attached hydrogens (tertiary/aromatic N) is 3. The second kappa shape index (κ2) is 7.31. The van der Waals surface area contributed by atoms with E-state index in [4.69, 9.17) is 4.52 Å². The number of sulfonamides is 1. The van der Waals surface area contributed by atoms with Crippen LogP contribution in [-0.2, 0) is 19.6 Å². The summed E-state index contributed by atoms with van der Waals surface area (Å²) in [5.74, 6) is 0.0701. The van der Waals surface area contributed by atoms with Gasteiger partial charge in [-0.3, -0.25) is 9.59 Å². The van der Waals surface area contributed by atoms with Crippen molar-refractivity contribution in [3.63, 3.8) is 0 Å². The predicted molar refractivity (Wildman–Crippen MR) is 84.6 cm³/mol. The van der Waals surface area contributed by atoms with Crippen molar-refractivity contribution in [3.05, 3.63) is 11.5 Å². The highest BCUT2D eigenvalue weighted by Gasteiger charge is 2.25. The molecule has 0 saturated carbocycles. The van der Waals surface area contributed by atoms with E-state index in [1.807, 2.05) is 0 Å². The number of aryl methyl sites for hydroxylation is 2. The van der Waals surface area contributed by atoms with Crippen molar-refractivity contribution in [2.45, 2.75) is 32.1 Å². The van der Waals surface area contributed by atoms with Gasteiger partial charge in [0.1, 0.15) is 10.6 Å². The van der Waals surface area contributed by atoms with Crippen LogP contribution in [0.1, 0.15) is 24.8 Å². The maximum absolute atomic E-state index is 12.2. The lowest BCUT2D eigenvalue weighted by molar-refractivity contribution is -0.138. The van der Waals surface area contributed by atoms with E-state index in [9.17, 15) is 18.0 Å². The van der Waals surface area contributed by atoms with Gasteiger partial charge < -0.3 is 14.3 Å². The summed E-state index contributed by atoms with van der Waals surface area (Å²) < 4.78 is 31.7. The lowest BCUT2D eigenvalue weighted by atomic mass is 10.3. The van der Waals surface area contributed by atoms with Gasteiger partial charge in [-0.25, -0.2) is 13.1 Å². The monoisotopic (exact) mass is 358 g/mol.